The van der Waals surface area contributed by atoms with E-state index in [1.807, 2.05) is 0 Å². The fraction of sp³-hybridized carbons (Fsp3) is 1.00. The van der Waals surface area contributed by atoms with Gasteiger partial charge in [0.1, 0.15) is 0 Å². The first-order chi connectivity index (χ1) is 5.67. The zero-order valence-corrected chi connectivity index (χ0v) is 6.85. The predicted octanol–water partition coefficient (Wildman–Crippen LogP) is 1.51. The quantitative estimate of drug-likeness (QED) is 0.605. The van der Waals surface area contributed by atoms with E-state index in [4.69, 9.17) is 0 Å². The summed E-state index contributed by atoms with van der Waals surface area (Å²) in [6, 6.07) is 0.165. The highest BCUT2D eigenvalue weighted by molar-refractivity contribution is 4.87. The normalized spacial score (nSPS) is 40.5. The minimum atomic E-state index is -2.95. The Hall–Kier alpha value is -0.220. The predicted molar refractivity (Wildman–Crippen MR) is 40.1 cm³/mol. The molecule has 0 spiro atoms. The zero-order valence-electron chi connectivity index (χ0n) is 6.85. The van der Waals surface area contributed by atoms with Crippen LogP contribution in [0.2, 0.25) is 0 Å². The molecule has 2 rings (SSSR count). The molecule has 0 aromatic rings. The van der Waals surface area contributed by atoms with E-state index in [0.29, 0.717) is 0 Å². The van der Waals surface area contributed by atoms with Gasteiger partial charge in [0.25, 0.3) is 0 Å². The Morgan fingerprint density at radius 1 is 1.25 bits per heavy atom. The summed E-state index contributed by atoms with van der Waals surface area (Å²) in [5.74, 6) is 0. The van der Waals surface area contributed by atoms with Gasteiger partial charge in [-0.15, -0.1) is 0 Å². The molecule has 0 aromatic carbocycles. The molecule has 12 heavy (non-hydrogen) atoms. The summed E-state index contributed by atoms with van der Waals surface area (Å²) in [7, 11) is 0. The number of nitrogens with one attached hydrogen (secondary N) is 1. The number of fused-ring (bicyclic) bond motifs is 1. The van der Waals surface area contributed by atoms with E-state index in [2.05, 4.69) is 10.1 Å². The molecule has 0 amide bonds. The maximum Gasteiger partial charge on any atom is 0.368 e. The van der Waals surface area contributed by atoms with E-state index < -0.39 is 6.11 Å². The Balaban J connectivity index is 1.99. The van der Waals surface area contributed by atoms with Gasteiger partial charge in [0.2, 0.25) is 0 Å². The molecule has 0 bridgehead atoms. The highest BCUT2D eigenvalue weighted by Gasteiger charge is 2.42. The Morgan fingerprint density at radius 3 is 2.83 bits per heavy atom. The Kier molecular flexibility index (Phi) is 2.04. The third-order valence-corrected chi connectivity index (χ3v) is 2.60. The molecule has 70 valence electrons. The van der Waals surface area contributed by atoms with E-state index in [0.717, 1.165) is 25.7 Å². The average Bonchev–Trinajstić information content (AvgIpc) is 2.02. The summed E-state index contributed by atoms with van der Waals surface area (Å²) in [5.41, 5.74) is 0. The second-order valence-electron chi connectivity index (χ2n) is 3.57. The monoisotopic (exact) mass is 177 g/mol. The number of ether oxygens (including phenoxy) is 1. The molecule has 1 heterocycles. The Morgan fingerprint density at radius 2 is 2.00 bits per heavy atom. The highest BCUT2D eigenvalue weighted by Crippen LogP contribution is 2.30. The molecule has 2 nitrogen and oxygen atoms in total. The van der Waals surface area contributed by atoms with Crippen LogP contribution >= 0.6 is 0 Å². The summed E-state index contributed by atoms with van der Waals surface area (Å²) < 4.78 is 30.1. The van der Waals surface area contributed by atoms with Gasteiger partial charge in [0.15, 0.2) is 0 Å². The van der Waals surface area contributed by atoms with Crippen LogP contribution in [0.5, 0.6) is 0 Å². The van der Waals surface area contributed by atoms with Gasteiger partial charge in [-0.05, 0) is 12.8 Å². The van der Waals surface area contributed by atoms with Crippen LogP contribution in [-0.2, 0) is 4.74 Å². The summed E-state index contributed by atoms with van der Waals surface area (Å²) in [6.07, 6.45) is 0.677. The van der Waals surface area contributed by atoms with Crippen LogP contribution in [0, 0.1) is 0 Å². The van der Waals surface area contributed by atoms with Gasteiger partial charge in [-0.25, -0.2) is 0 Å². The number of hydrogen-bond donors (Lipinski definition) is 1. The summed E-state index contributed by atoms with van der Waals surface area (Å²) in [5, 5.41) is 2.84. The van der Waals surface area contributed by atoms with Gasteiger partial charge >= 0.3 is 6.11 Å². The summed E-state index contributed by atoms with van der Waals surface area (Å²) in [4.78, 5) is 0. The lowest BCUT2D eigenvalue weighted by atomic mass is 9.91. The molecule has 0 aromatic heterocycles. The molecule has 2 aliphatic rings. The third-order valence-electron chi connectivity index (χ3n) is 2.60. The number of rotatable bonds is 0. The molecule has 1 aliphatic carbocycles. The lowest BCUT2D eigenvalue weighted by Crippen LogP contribution is -2.56. The fourth-order valence-corrected chi connectivity index (χ4v) is 1.98. The zero-order chi connectivity index (χ0) is 8.60. The first-order valence-electron chi connectivity index (χ1n) is 4.46. The maximum absolute atomic E-state index is 12.7. The van der Waals surface area contributed by atoms with Gasteiger partial charge in [-0.3, -0.25) is 0 Å². The number of hydrogen-bond acceptors (Lipinski definition) is 2. The Labute approximate surface area is 70.3 Å². The molecule has 1 aliphatic heterocycles. The van der Waals surface area contributed by atoms with Gasteiger partial charge < -0.3 is 10.1 Å². The molecule has 1 saturated heterocycles. The lowest BCUT2D eigenvalue weighted by molar-refractivity contribution is -0.287. The van der Waals surface area contributed by atoms with Crippen LogP contribution in [0.4, 0.5) is 8.78 Å². The van der Waals surface area contributed by atoms with Crippen molar-refractivity contribution in [2.24, 2.45) is 0 Å². The molecule has 2 atom stereocenters. The van der Waals surface area contributed by atoms with Gasteiger partial charge in [0, 0.05) is 6.04 Å². The highest BCUT2D eigenvalue weighted by atomic mass is 19.3. The van der Waals surface area contributed by atoms with Crippen LogP contribution < -0.4 is 5.32 Å². The van der Waals surface area contributed by atoms with Crippen LogP contribution in [-0.4, -0.2) is 24.8 Å². The fourth-order valence-electron chi connectivity index (χ4n) is 1.98. The van der Waals surface area contributed by atoms with Crippen LogP contribution in [0.3, 0.4) is 0 Å². The molecule has 4 heteroatoms. The molecular weight excluding hydrogens is 164 g/mol. The number of halogens is 2. The first-order valence-corrected chi connectivity index (χ1v) is 4.46. The molecule has 1 saturated carbocycles. The maximum atomic E-state index is 12.7. The standard InChI is InChI=1S/C8H13F2NO/c9-8(10)5-11-6-3-1-2-4-7(6)12-8/h6-7,11H,1-5H2/t6-,7+/m1/s1. The lowest BCUT2D eigenvalue weighted by Gasteiger charge is -2.39. The first kappa shape index (κ1) is 8.38. The number of alkyl halides is 2. The smallest absolute Gasteiger partial charge is 0.314 e. The average molecular weight is 177 g/mol. The van der Waals surface area contributed by atoms with E-state index in [1.54, 1.807) is 0 Å². The van der Waals surface area contributed by atoms with Gasteiger partial charge in [-0.1, -0.05) is 12.8 Å². The van der Waals surface area contributed by atoms with Crippen molar-refractivity contribution in [3.63, 3.8) is 0 Å². The van der Waals surface area contributed by atoms with Crippen LogP contribution in [0.25, 0.3) is 0 Å². The molecule has 1 N–H and O–H groups in total. The third kappa shape index (κ3) is 1.59. The minimum Gasteiger partial charge on any atom is -0.314 e. The van der Waals surface area contributed by atoms with E-state index >= 15 is 0 Å². The minimum absolute atomic E-state index is 0.165. The summed E-state index contributed by atoms with van der Waals surface area (Å²) in [6.45, 7) is -0.325. The van der Waals surface area contributed by atoms with Crippen molar-refractivity contribution in [2.45, 2.75) is 43.9 Å². The van der Waals surface area contributed by atoms with Crippen molar-refractivity contribution in [1.29, 1.82) is 0 Å². The SMILES string of the molecule is FC1(F)CN[C@@H]2CCCC[C@@H]2O1. The molecular formula is C8H13F2NO. The second-order valence-corrected chi connectivity index (χ2v) is 3.57. The van der Waals surface area contributed by atoms with Crippen LogP contribution in [0.1, 0.15) is 25.7 Å². The topological polar surface area (TPSA) is 21.3 Å². The summed E-state index contributed by atoms with van der Waals surface area (Å²) >= 11 is 0. The molecule has 2 fully saturated rings. The van der Waals surface area contributed by atoms with Crippen molar-refractivity contribution in [3.8, 4) is 0 Å². The van der Waals surface area contributed by atoms with Gasteiger partial charge in [-0.2, -0.15) is 8.78 Å². The Bertz CT molecular complexity index is 174. The number of morpholine rings is 1. The van der Waals surface area contributed by atoms with E-state index in [9.17, 15) is 8.78 Å². The second kappa shape index (κ2) is 2.92. The van der Waals surface area contributed by atoms with Crippen LogP contribution in [0.15, 0.2) is 0 Å². The van der Waals surface area contributed by atoms with Crippen molar-refractivity contribution >= 4 is 0 Å². The van der Waals surface area contributed by atoms with Crippen molar-refractivity contribution in [1.82, 2.24) is 5.32 Å². The molecule has 0 unspecified atom stereocenters. The van der Waals surface area contributed by atoms with E-state index in [-0.39, 0.29) is 18.7 Å². The van der Waals surface area contributed by atoms with E-state index in [1.165, 1.54) is 0 Å². The van der Waals surface area contributed by atoms with Crippen molar-refractivity contribution < 1.29 is 13.5 Å². The van der Waals surface area contributed by atoms with Crippen molar-refractivity contribution in [3.05, 3.63) is 0 Å². The molecule has 0 radical (unpaired) electrons. The van der Waals surface area contributed by atoms with Crippen molar-refractivity contribution in [2.75, 3.05) is 6.54 Å². The van der Waals surface area contributed by atoms with Gasteiger partial charge in [0.05, 0.1) is 12.6 Å². The largest absolute Gasteiger partial charge is 0.368 e.